The van der Waals surface area contributed by atoms with Gasteiger partial charge in [-0.25, -0.2) is 0 Å². The summed E-state index contributed by atoms with van der Waals surface area (Å²) in [6, 6.07) is 0. The van der Waals surface area contributed by atoms with Crippen LogP contribution in [0.5, 0.6) is 0 Å². The molecule has 0 saturated carbocycles. The number of hydrogen-bond donors (Lipinski definition) is 0. The molecule has 0 amide bonds. The first-order chi connectivity index (χ1) is 7.37. The van der Waals surface area contributed by atoms with Crippen molar-refractivity contribution in [3.05, 3.63) is 0 Å². The van der Waals surface area contributed by atoms with Crippen molar-refractivity contribution in [1.29, 1.82) is 0 Å². The molecule has 0 heterocycles. The van der Waals surface area contributed by atoms with Gasteiger partial charge in [0.2, 0.25) is 0 Å². The van der Waals surface area contributed by atoms with Crippen molar-refractivity contribution in [2.45, 2.75) is 86.5 Å². The molecule has 0 aliphatic heterocycles. The minimum atomic E-state index is 0.532. The average Bonchev–Trinajstić information content (AvgIpc) is 2.20. The zero-order valence-electron chi connectivity index (χ0n) is 12.6. The maximum absolute atomic E-state index is 2.42. The Morgan fingerprint density at radius 1 is 0.812 bits per heavy atom. The summed E-state index contributed by atoms with van der Waals surface area (Å²) in [7, 11) is 0. The van der Waals surface area contributed by atoms with Crippen molar-refractivity contribution in [3.63, 3.8) is 0 Å². The van der Waals surface area contributed by atoms with E-state index in [9.17, 15) is 0 Å². The van der Waals surface area contributed by atoms with Gasteiger partial charge in [-0.15, -0.1) is 0 Å². The fourth-order valence-corrected chi connectivity index (χ4v) is 2.16. The minimum Gasteiger partial charge on any atom is -0.0651 e. The molecule has 0 aromatic carbocycles. The molecule has 0 heteroatoms. The zero-order chi connectivity index (χ0) is 12.6. The van der Waals surface area contributed by atoms with Crippen molar-refractivity contribution in [1.82, 2.24) is 0 Å². The lowest BCUT2D eigenvalue weighted by molar-refractivity contribution is 0.332. The Labute approximate surface area is 104 Å². The monoisotopic (exact) mass is 226 g/mol. The Balaban J connectivity index is 3.34. The van der Waals surface area contributed by atoms with Crippen LogP contribution in [0.2, 0.25) is 0 Å². The van der Waals surface area contributed by atoms with Gasteiger partial charge in [0, 0.05) is 0 Å². The zero-order valence-corrected chi connectivity index (χ0v) is 12.6. The first-order valence-corrected chi connectivity index (χ1v) is 7.37. The summed E-state index contributed by atoms with van der Waals surface area (Å²) >= 11 is 0. The van der Waals surface area contributed by atoms with Crippen molar-refractivity contribution in [2.75, 3.05) is 0 Å². The molecule has 0 spiro atoms. The third-order valence-corrected chi connectivity index (χ3v) is 3.95. The van der Waals surface area contributed by atoms with Crippen LogP contribution in [0, 0.1) is 17.3 Å². The van der Waals surface area contributed by atoms with Gasteiger partial charge in [-0.1, -0.05) is 80.1 Å². The van der Waals surface area contributed by atoms with Crippen molar-refractivity contribution >= 4 is 0 Å². The highest BCUT2D eigenvalue weighted by molar-refractivity contribution is 4.63. The molecule has 2 unspecified atom stereocenters. The summed E-state index contributed by atoms with van der Waals surface area (Å²) in [6.07, 6.45) is 9.89. The summed E-state index contributed by atoms with van der Waals surface area (Å²) in [6.45, 7) is 14.2. The third kappa shape index (κ3) is 9.24. The molecule has 2 atom stereocenters. The van der Waals surface area contributed by atoms with E-state index in [0.29, 0.717) is 5.41 Å². The second-order valence-corrected chi connectivity index (χ2v) is 6.88. The smallest absolute Gasteiger partial charge is 0.0383 e. The second kappa shape index (κ2) is 8.14. The molecule has 0 radical (unpaired) electrons. The van der Waals surface area contributed by atoms with Crippen LogP contribution in [-0.4, -0.2) is 0 Å². The third-order valence-electron chi connectivity index (χ3n) is 3.95. The lowest BCUT2D eigenvalue weighted by Gasteiger charge is -2.19. The molecule has 16 heavy (non-hydrogen) atoms. The van der Waals surface area contributed by atoms with Gasteiger partial charge >= 0.3 is 0 Å². The molecule has 0 aliphatic rings. The number of rotatable bonds is 8. The maximum Gasteiger partial charge on any atom is -0.0383 e. The van der Waals surface area contributed by atoms with E-state index in [1.165, 1.54) is 44.9 Å². The molecular weight excluding hydrogens is 192 g/mol. The van der Waals surface area contributed by atoms with Gasteiger partial charge in [-0.05, 0) is 23.7 Å². The maximum atomic E-state index is 2.42. The first-order valence-electron chi connectivity index (χ1n) is 7.37. The van der Waals surface area contributed by atoms with Crippen molar-refractivity contribution in [3.8, 4) is 0 Å². The summed E-state index contributed by atoms with van der Waals surface area (Å²) in [5.41, 5.74) is 0.532. The Hall–Kier alpha value is 0. The van der Waals surface area contributed by atoms with Crippen LogP contribution in [0.25, 0.3) is 0 Å². The highest BCUT2D eigenvalue weighted by atomic mass is 14.2. The van der Waals surface area contributed by atoms with Gasteiger partial charge in [0.25, 0.3) is 0 Å². The van der Waals surface area contributed by atoms with Crippen molar-refractivity contribution in [2.24, 2.45) is 17.3 Å². The van der Waals surface area contributed by atoms with E-state index in [1.54, 1.807) is 0 Å². The Kier molecular flexibility index (Phi) is 8.14. The number of unbranched alkanes of at least 4 members (excludes halogenated alkanes) is 3. The van der Waals surface area contributed by atoms with Gasteiger partial charge in [-0.2, -0.15) is 0 Å². The molecule has 98 valence electrons. The molecule has 0 aromatic rings. The van der Waals surface area contributed by atoms with E-state index >= 15 is 0 Å². The standard InChI is InChI=1S/C16H34/c1-7-14(2)15(3)12-10-8-9-11-13-16(4,5)6/h14-15H,7-13H2,1-6H3. The molecule has 0 aliphatic carbocycles. The Morgan fingerprint density at radius 2 is 1.38 bits per heavy atom. The van der Waals surface area contributed by atoms with Gasteiger partial charge in [-0.3, -0.25) is 0 Å². The Morgan fingerprint density at radius 3 is 1.88 bits per heavy atom. The topological polar surface area (TPSA) is 0 Å². The highest BCUT2D eigenvalue weighted by Crippen LogP contribution is 2.24. The van der Waals surface area contributed by atoms with Crippen LogP contribution in [0.3, 0.4) is 0 Å². The SMILES string of the molecule is CCC(C)C(C)CCCCCCC(C)(C)C. The lowest BCUT2D eigenvalue weighted by atomic mass is 9.87. The molecule has 0 saturated heterocycles. The first kappa shape index (κ1) is 16.0. The minimum absolute atomic E-state index is 0.532. The van der Waals surface area contributed by atoms with Crippen LogP contribution in [0.15, 0.2) is 0 Å². The fourth-order valence-electron chi connectivity index (χ4n) is 2.16. The van der Waals surface area contributed by atoms with Crippen molar-refractivity contribution < 1.29 is 0 Å². The predicted molar refractivity (Wildman–Crippen MR) is 75.8 cm³/mol. The Bertz CT molecular complexity index is 152. The van der Waals surface area contributed by atoms with Crippen LogP contribution < -0.4 is 0 Å². The van der Waals surface area contributed by atoms with E-state index in [1.807, 2.05) is 0 Å². The van der Waals surface area contributed by atoms with E-state index < -0.39 is 0 Å². The molecule has 0 rings (SSSR count). The van der Waals surface area contributed by atoms with E-state index in [4.69, 9.17) is 0 Å². The normalized spacial score (nSPS) is 16.1. The van der Waals surface area contributed by atoms with Crippen LogP contribution in [0.1, 0.15) is 86.5 Å². The molecule has 0 nitrogen and oxygen atoms in total. The lowest BCUT2D eigenvalue weighted by Crippen LogP contribution is -2.06. The van der Waals surface area contributed by atoms with E-state index in [0.717, 1.165) is 11.8 Å². The van der Waals surface area contributed by atoms with Gasteiger partial charge in [0.15, 0.2) is 0 Å². The summed E-state index contributed by atoms with van der Waals surface area (Å²) in [4.78, 5) is 0. The van der Waals surface area contributed by atoms with Gasteiger partial charge < -0.3 is 0 Å². The highest BCUT2D eigenvalue weighted by Gasteiger charge is 2.10. The summed E-state index contributed by atoms with van der Waals surface area (Å²) in [5.74, 6) is 1.84. The molecule has 0 N–H and O–H groups in total. The van der Waals surface area contributed by atoms with E-state index in [-0.39, 0.29) is 0 Å². The van der Waals surface area contributed by atoms with Gasteiger partial charge in [0.1, 0.15) is 0 Å². The fraction of sp³-hybridized carbons (Fsp3) is 1.00. The quantitative estimate of drug-likeness (QED) is 0.442. The predicted octanol–water partition coefficient (Wildman–Crippen LogP) is 6.06. The molecule has 0 bridgehead atoms. The van der Waals surface area contributed by atoms with Crippen LogP contribution in [0.4, 0.5) is 0 Å². The summed E-state index contributed by atoms with van der Waals surface area (Å²) in [5, 5.41) is 0. The average molecular weight is 226 g/mol. The molecular formula is C16H34. The van der Waals surface area contributed by atoms with Gasteiger partial charge in [0.05, 0.1) is 0 Å². The molecule has 0 fully saturated rings. The molecule has 0 aromatic heterocycles. The van der Waals surface area contributed by atoms with Crippen LogP contribution >= 0.6 is 0 Å². The van der Waals surface area contributed by atoms with E-state index in [2.05, 4.69) is 41.5 Å². The number of hydrogen-bond acceptors (Lipinski definition) is 0. The largest absolute Gasteiger partial charge is 0.0651 e. The van der Waals surface area contributed by atoms with Crippen LogP contribution in [-0.2, 0) is 0 Å². The summed E-state index contributed by atoms with van der Waals surface area (Å²) < 4.78 is 0. The second-order valence-electron chi connectivity index (χ2n) is 6.88.